The van der Waals surface area contributed by atoms with E-state index in [1.54, 1.807) is 6.08 Å². The van der Waals surface area contributed by atoms with Gasteiger partial charge in [-0.15, -0.1) is 6.58 Å². The van der Waals surface area contributed by atoms with E-state index in [0.717, 1.165) is 6.42 Å². The van der Waals surface area contributed by atoms with Crippen molar-refractivity contribution in [3.63, 3.8) is 0 Å². The molecule has 1 heterocycles. The van der Waals surface area contributed by atoms with E-state index in [4.69, 9.17) is 4.52 Å². The lowest BCUT2D eigenvalue weighted by Gasteiger charge is -1.92. The third-order valence-corrected chi connectivity index (χ3v) is 1.18. The molecule has 0 aliphatic carbocycles. The zero-order chi connectivity index (χ0) is 7.40. The van der Waals surface area contributed by atoms with Crippen molar-refractivity contribution in [2.75, 3.05) is 0 Å². The molecule has 0 spiro atoms. The molecule has 10 heavy (non-hydrogen) atoms. The van der Waals surface area contributed by atoms with Crippen LogP contribution in [0.2, 0.25) is 0 Å². The maximum absolute atomic E-state index is 10.8. The lowest BCUT2D eigenvalue weighted by Crippen LogP contribution is -2.12. The van der Waals surface area contributed by atoms with Gasteiger partial charge in [0, 0.05) is 6.07 Å². The van der Waals surface area contributed by atoms with Crippen LogP contribution in [-0.4, -0.2) is 4.74 Å². The molecule has 0 saturated carbocycles. The molecule has 0 atom stereocenters. The van der Waals surface area contributed by atoms with Crippen molar-refractivity contribution in [2.24, 2.45) is 0 Å². The highest BCUT2D eigenvalue weighted by molar-refractivity contribution is 4.76. The van der Waals surface area contributed by atoms with Gasteiger partial charge in [0.25, 0.3) is 5.56 Å². The second kappa shape index (κ2) is 3.06. The van der Waals surface area contributed by atoms with Crippen LogP contribution in [-0.2, 0) is 6.54 Å². The molecule has 0 aromatic carbocycles. The zero-order valence-corrected chi connectivity index (χ0v) is 5.62. The van der Waals surface area contributed by atoms with Gasteiger partial charge in [-0.3, -0.25) is 4.79 Å². The Morgan fingerprint density at radius 1 is 1.80 bits per heavy atom. The molecule has 0 aliphatic rings. The number of nitrogens with zero attached hydrogens (tertiary/aromatic N) is 1. The Kier molecular flexibility index (Phi) is 2.10. The van der Waals surface area contributed by atoms with Gasteiger partial charge in [0.15, 0.2) is 0 Å². The number of allylic oxidation sites excluding steroid dienone is 1. The molecule has 0 unspecified atom stereocenters. The number of aryl methyl sites for hydroxylation is 1. The standard InChI is InChI=1S/C7H9NO2/c1-2-3-5-8-7(9)4-6-10-8/h2,4,6H,1,3,5H2. The Morgan fingerprint density at radius 3 is 3.10 bits per heavy atom. The topological polar surface area (TPSA) is 35.1 Å². The van der Waals surface area contributed by atoms with Crippen LogP contribution < -0.4 is 5.56 Å². The first-order valence-corrected chi connectivity index (χ1v) is 3.10. The van der Waals surface area contributed by atoms with E-state index < -0.39 is 0 Å². The van der Waals surface area contributed by atoms with Crippen LogP contribution in [0.4, 0.5) is 0 Å². The van der Waals surface area contributed by atoms with Gasteiger partial charge in [-0.25, -0.2) is 0 Å². The van der Waals surface area contributed by atoms with E-state index in [-0.39, 0.29) is 5.56 Å². The smallest absolute Gasteiger partial charge is 0.282 e. The summed E-state index contributed by atoms with van der Waals surface area (Å²) in [6.45, 7) is 4.11. The van der Waals surface area contributed by atoms with E-state index in [1.807, 2.05) is 0 Å². The van der Waals surface area contributed by atoms with Crippen LogP contribution in [0.5, 0.6) is 0 Å². The van der Waals surface area contributed by atoms with E-state index in [0.29, 0.717) is 6.54 Å². The van der Waals surface area contributed by atoms with Gasteiger partial charge >= 0.3 is 0 Å². The highest BCUT2D eigenvalue weighted by Gasteiger charge is 1.93. The molecule has 0 radical (unpaired) electrons. The number of rotatable bonds is 3. The Morgan fingerprint density at radius 2 is 2.60 bits per heavy atom. The lowest BCUT2D eigenvalue weighted by molar-refractivity contribution is 0.262. The van der Waals surface area contributed by atoms with Crippen molar-refractivity contribution >= 4 is 0 Å². The summed E-state index contributed by atoms with van der Waals surface area (Å²) in [4.78, 5) is 10.8. The number of aromatic nitrogens is 1. The minimum atomic E-state index is -0.0955. The summed E-state index contributed by atoms with van der Waals surface area (Å²) in [6.07, 6.45) is 3.88. The van der Waals surface area contributed by atoms with Crippen LogP contribution in [0.1, 0.15) is 6.42 Å². The van der Waals surface area contributed by atoms with Gasteiger partial charge in [-0.1, -0.05) is 6.08 Å². The fourth-order valence-electron chi connectivity index (χ4n) is 0.669. The summed E-state index contributed by atoms with van der Waals surface area (Å²) in [5.41, 5.74) is -0.0955. The third kappa shape index (κ3) is 1.37. The lowest BCUT2D eigenvalue weighted by atomic mass is 10.4. The van der Waals surface area contributed by atoms with Crippen LogP contribution in [0.25, 0.3) is 0 Å². The van der Waals surface area contributed by atoms with Gasteiger partial charge < -0.3 is 4.52 Å². The van der Waals surface area contributed by atoms with E-state index in [2.05, 4.69) is 6.58 Å². The SMILES string of the molecule is C=CCCn1occc1=O. The Bertz CT molecular complexity index is 259. The van der Waals surface area contributed by atoms with Crippen molar-refractivity contribution in [3.05, 3.63) is 35.3 Å². The van der Waals surface area contributed by atoms with Crippen LogP contribution in [0.15, 0.2) is 34.3 Å². The first kappa shape index (κ1) is 6.86. The molecule has 0 aliphatic heterocycles. The maximum Gasteiger partial charge on any atom is 0.282 e. The Balaban J connectivity index is 2.65. The summed E-state index contributed by atoms with van der Waals surface area (Å²) in [5.74, 6) is 0. The van der Waals surface area contributed by atoms with Crippen molar-refractivity contribution < 1.29 is 4.52 Å². The number of hydrogen-bond donors (Lipinski definition) is 0. The summed E-state index contributed by atoms with van der Waals surface area (Å²) >= 11 is 0. The van der Waals surface area contributed by atoms with Crippen LogP contribution in [0.3, 0.4) is 0 Å². The second-order valence-corrected chi connectivity index (χ2v) is 1.93. The summed E-state index contributed by atoms with van der Waals surface area (Å²) in [7, 11) is 0. The maximum atomic E-state index is 10.8. The molecule has 3 heteroatoms. The molecule has 1 aromatic rings. The van der Waals surface area contributed by atoms with Crippen molar-refractivity contribution in [1.82, 2.24) is 4.74 Å². The quantitative estimate of drug-likeness (QED) is 0.586. The summed E-state index contributed by atoms with van der Waals surface area (Å²) in [6, 6.07) is 1.39. The molecule has 0 fully saturated rings. The Labute approximate surface area is 58.5 Å². The average Bonchev–Trinajstić information content (AvgIpc) is 2.31. The molecule has 0 saturated heterocycles. The molecule has 0 N–H and O–H groups in total. The van der Waals surface area contributed by atoms with Crippen molar-refractivity contribution in [1.29, 1.82) is 0 Å². The van der Waals surface area contributed by atoms with E-state index in [1.165, 1.54) is 17.1 Å². The summed E-state index contributed by atoms with van der Waals surface area (Å²) < 4.78 is 6.12. The predicted octanol–water partition coefficient (Wildman–Crippen LogP) is 1.02. The monoisotopic (exact) mass is 139 g/mol. The third-order valence-electron chi connectivity index (χ3n) is 1.18. The van der Waals surface area contributed by atoms with Gasteiger partial charge in [0.2, 0.25) is 0 Å². The molecular weight excluding hydrogens is 130 g/mol. The van der Waals surface area contributed by atoms with Crippen LogP contribution >= 0.6 is 0 Å². The molecule has 3 nitrogen and oxygen atoms in total. The van der Waals surface area contributed by atoms with E-state index >= 15 is 0 Å². The normalized spacial score (nSPS) is 9.60. The first-order chi connectivity index (χ1) is 4.84. The first-order valence-electron chi connectivity index (χ1n) is 3.10. The zero-order valence-electron chi connectivity index (χ0n) is 5.62. The molecule has 0 bridgehead atoms. The van der Waals surface area contributed by atoms with Crippen LogP contribution in [0, 0.1) is 0 Å². The van der Waals surface area contributed by atoms with Gasteiger partial charge in [-0.05, 0) is 6.42 Å². The van der Waals surface area contributed by atoms with Crippen molar-refractivity contribution in [2.45, 2.75) is 13.0 Å². The fourth-order valence-corrected chi connectivity index (χ4v) is 0.669. The number of hydrogen-bond acceptors (Lipinski definition) is 2. The van der Waals surface area contributed by atoms with Crippen molar-refractivity contribution in [3.8, 4) is 0 Å². The fraction of sp³-hybridized carbons (Fsp3) is 0.286. The second-order valence-electron chi connectivity index (χ2n) is 1.93. The van der Waals surface area contributed by atoms with E-state index in [9.17, 15) is 4.79 Å². The molecule has 1 aromatic heterocycles. The van der Waals surface area contributed by atoms with Gasteiger partial charge in [0.1, 0.15) is 6.26 Å². The highest BCUT2D eigenvalue weighted by atomic mass is 16.5. The summed E-state index contributed by atoms with van der Waals surface area (Å²) in [5, 5.41) is 0. The van der Waals surface area contributed by atoms with Gasteiger partial charge in [0.05, 0.1) is 6.54 Å². The minimum absolute atomic E-state index is 0.0955. The Hall–Kier alpha value is -1.25. The minimum Gasteiger partial charge on any atom is -0.384 e. The molecule has 0 amide bonds. The predicted molar refractivity (Wildman–Crippen MR) is 37.8 cm³/mol. The largest absolute Gasteiger partial charge is 0.384 e. The molecule has 54 valence electrons. The average molecular weight is 139 g/mol. The van der Waals surface area contributed by atoms with Gasteiger partial charge in [-0.2, -0.15) is 4.74 Å². The molecule has 1 rings (SSSR count). The molecular formula is C7H9NO2. The highest BCUT2D eigenvalue weighted by Crippen LogP contribution is 1.86.